The maximum absolute atomic E-state index is 13.7. The van der Waals surface area contributed by atoms with Crippen molar-refractivity contribution in [2.45, 2.75) is 0 Å². The zero-order valence-corrected chi connectivity index (χ0v) is 18.0. The highest BCUT2D eigenvalue weighted by Crippen LogP contribution is 2.29. The summed E-state index contributed by atoms with van der Waals surface area (Å²) in [6.45, 7) is 0. The van der Waals surface area contributed by atoms with Gasteiger partial charge in [0, 0.05) is 9.86 Å². The first-order chi connectivity index (χ1) is 15.1. The first-order valence-electron chi connectivity index (χ1n) is 9.78. The van der Waals surface area contributed by atoms with Gasteiger partial charge in [-0.2, -0.15) is 0 Å². The fourth-order valence-corrected chi connectivity index (χ4v) is 4.01. The fourth-order valence-electron chi connectivity index (χ4n) is 3.66. The Balaban J connectivity index is 1.92. The van der Waals surface area contributed by atoms with Crippen LogP contribution in [0.3, 0.4) is 0 Å². The number of aromatic hydroxyl groups is 1. The molecule has 0 saturated heterocycles. The highest BCUT2D eigenvalue weighted by molar-refractivity contribution is 9.10. The van der Waals surface area contributed by atoms with Crippen molar-refractivity contribution in [2.75, 3.05) is 0 Å². The van der Waals surface area contributed by atoms with Crippen LogP contribution in [0.2, 0.25) is 0 Å². The molecule has 5 rings (SSSR count). The normalized spacial score (nSPS) is 11.8. The summed E-state index contributed by atoms with van der Waals surface area (Å²) in [6.07, 6.45) is 0. The second kappa shape index (κ2) is 7.85. The predicted octanol–water partition coefficient (Wildman–Crippen LogP) is 5.84. The van der Waals surface area contributed by atoms with E-state index in [9.17, 15) is 9.90 Å². The molecule has 0 saturated carbocycles. The zero-order valence-electron chi connectivity index (χ0n) is 16.4. The Bertz CT molecular complexity index is 1590. The molecule has 150 valence electrons. The number of benzene rings is 4. The number of hydrogen-bond donors (Lipinski definition) is 1. The molecule has 4 aromatic carbocycles. The molecule has 31 heavy (non-hydrogen) atoms. The summed E-state index contributed by atoms with van der Waals surface area (Å²) in [6, 6.07) is 30.1. The van der Waals surface area contributed by atoms with Crippen molar-refractivity contribution in [1.29, 1.82) is 0 Å². The topological polar surface area (TPSA) is 54.6 Å². The van der Waals surface area contributed by atoms with Crippen molar-refractivity contribution in [3.05, 3.63) is 117 Å². The van der Waals surface area contributed by atoms with Gasteiger partial charge in [-0.15, -0.1) is 0 Å². The van der Waals surface area contributed by atoms with Gasteiger partial charge in [0.1, 0.15) is 16.9 Å². The van der Waals surface area contributed by atoms with Crippen LogP contribution >= 0.6 is 15.9 Å². The fraction of sp³-hybridized carbons (Fsp3) is 0. The molecule has 0 fully saturated rings. The number of halogens is 1. The van der Waals surface area contributed by atoms with E-state index in [0.717, 1.165) is 20.6 Å². The molecule has 0 unspecified atom stereocenters. The third-order valence-corrected chi connectivity index (χ3v) is 5.69. The van der Waals surface area contributed by atoms with Crippen molar-refractivity contribution in [3.63, 3.8) is 0 Å². The molecule has 0 atom stereocenters. The minimum Gasteiger partial charge on any atom is -0.506 e. The molecule has 1 heterocycles. The first kappa shape index (κ1) is 19.3. The van der Waals surface area contributed by atoms with E-state index in [4.69, 9.17) is 0 Å². The SMILES string of the molecule is O=c1c2ccccc2ccc(=Nc2cc(Br)ccc2O)n1-c1ccc2ccccc2c1. The van der Waals surface area contributed by atoms with Crippen molar-refractivity contribution in [1.82, 2.24) is 4.57 Å². The van der Waals surface area contributed by atoms with E-state index in [-0.39, 0.29) is 11.3 Å². The van der Waals surface area contributed by atoms with Gasteiger partial charge in [-0.25, -0.2) is 4.99 Å². The van der Waals surface area contributed by atoms with Gasteiger partial charge in [0.25, 0.3) is 5.56 Å². The average molecular weight is 469 g/mol. The lowest BCUT2D eigenvalue weighted by atomic mass is 10.1. The predicted molar refractivity (Wildman–Crippen MR) is 128 cm³/mol. The molecule has 0 radical (unpaired) electrons. The summed E-state index contributed by atoms with van der Waals surface area (Å²) >= 11 is 3.42. The number of aromatic nitrogens is 1. The Morgan fingerprint density at radius 3 is 2.29 bits per heavy atom. The standard InChI is InChI=1S/C26H17BrN2O2/c27-20-11-13-24(30)23(16-20)28-25-14-10-18-6-3-4-8-22(18)26(31)29(25)21-12-9-17-5-1-2-7-19(17)15-21/h1-16,30H. The molecule has 5 aromatic rings. The number of phenols is 1. The van der Waals surface area contributed by atoms with Crippen molar-refractivity contribution < 1.29 is 5.11 Å². The van der Waals surface area contributed by atoms with E-state index in [0.29, 0.717) is 22.2 Å². The van der Waals surface area contributed by atoms with Crippen LogP contribution in [0.5, 0.6) is 5.75 Å². The smallest absolute Gasteiger partial charge is 0.264 e. The lowest BCUT2D eigenvalue weighted by Gasteiger charge is -2.07. The van der Waals surface area contributed by atoms with Gasteiger partial charge in [0.2, 0.25) is 0 Å². The van der Waals surface area contributed by atoms with E-state index >= 15 is 0 Å². The number of hydrogen-bond acceptors (Lipinski definition) is 3. The number of phenolic OH excluding ortho intramolecular Hbond substituents is 1. The third kappa shape index (κ3) is 3.64. The molecule has 0 bridgehead atoms. The van der Waals surface area contributed by atoms with E-state index in [2.05, 4.69) is 20.9 Å². The van der Waals surface area contributed by atoms with Crippen LogP contribution in [0.1, 0.15) is 0 Å². The van der Waals surface area contributed by atoms with Crippen LogP contribution in [-0.4, -0.2) is 9.67 Å². The van der Waals surface area contributed by atoms with Crippen LogP contribution in [0, 0.1) is 0 Å². The lowest BCUT2D eigenvalue weighted by Crippen LogP contribution is -2.28. The van der Waals surface area contributed by atoms with Crippen LogP contribution < -0.4 is 11.0 Å². The summed E-state index contributed by atoms with van der Waals surface area (Å²) in [7, 11) is 0. The molecule has 1 aromatic heterocycles. The average Bonchev–Trinajstić information content (AvgIpc) is 2.93. The Morgan fingerprint density at radius 2 is 1.45 bits per heavy atom. The van der Waals surface area contributed by atoms with Crippen molar-refractivity contribution >= 4 is 43.2 Å². The maximum Gasteiger partial charge on any atom is 0.264 e. The Hall–Kier alpha value is -3.70. The van der Waals surface area contributed by atoms with Crippen LogP contribution in [0.15, 0.2) is 111 Å². The summed E-state index contributed by atoms with van der Waals surface area (Å²) in [5.74, 6) is 0.0387. The summed E-state index contributed by atoms with van der Waals surface area (Å²) in [5, 5.41) is 13.8. The van der Waals surface area contributed by atoms with Gasteiger partial charge in [0.15, 0.2) is 0 Å². The minimum absolute atomic E-state index is 0.0387. The van der Waals surface area contributed by atoms with Crippen LogP contribution in [0.4, 0.5) is 5.69 Å². The van der Waals surface area contributed by atoms with Gasteiger partial charge >= 0.3 is 0 Å². The van der Waals surface area contributed by atoms with Gasteiger partial charge in [-0.05, 0) is 58.6 Å². The van der Waals surface area contributed by atoms with Crippen molar-refractivity contribution in [2.24, 2.45) is 4.99 Å². The van der Waals surface area contributed by atoms with Gasteiger partial charge < -0.3 is 5.11 Å². The molecule has 0 aliphatic heterocycles. The van der Waals surface area contributed by atoms with Gasteiger partial charge in [-0.3, -0.25) is 9.36 Å². The maximum atomic E-state index is 13.7. The van der Waals surface area contributed by atoms with Gasteiger partial charge in [0.05, 0.1) is 5.69 Å². The third-order valence-electron chi connectivity index (χ3n) is 5.20. The zero-order chi connectivity index (χ0) is 21.4. The molecule has 0 aliphatic carbocycles. The van der Waals surface area contributed by atoms with Crippen LogP contribution in [-0.2, 0) is 0 Å². The molecule has 0 spiro atoms. The van der Waals surface area contributed by atoms with E-state index < -0.39 is 0 Å². The summed E-state index contributed by atoms with van der Waals surface area (Å²) in [5.41, 5.74) is 1.32. The number of nitrogens with zero attached hydrogens (tertiary/aromatic N) is 2. The van der Waals surface area contributed by atoms with Gasteiger partial charge in [-0.1, -0.05) is 70.5 Å². The summed E-state index contributed by atoms with van der Waals surface area (Å²) < 4.78 is 2.38. The molecular formula is C26H17BrN2O2. The molecule has 1 N–H and O–H groups in total. The monoisotopic (exact) mass is 468 g/mol. The molecule has 4 nitrogen and oxygen atoms in total. The largest absolute Gasteiger partial charge is 0.506 e. The Morgan fingerprint density at radius 1 is 0.742 bits per heavy atom. The Labute approximate surface area is 186 Å². The first-order valence-corrected chi connectivity index (χ1v) is 10.6. The molecular weight excluding hydrogens is 452 g/mol. The highest BCUT2D eigenvalue weighted by Gasteiger charge is 2.08. The lowest BCUT2D eigenvalue weighted by molar-refractivity contribution is 0.476. The van der Waals surface area contributed by atoms with E-state index in [1.807, 2.05) is 72.8 Å². The second-order valence-electron chi connectivity index (χ2n) is 7.20. The highest BCUT2D eigenvalue weighted by atomic mass is 79.9. The molecule has 5 heteroatoms. The van der Waals surface area contributed by atoms with E-state index in [1.54, 1.807) is 28.8 Å². The number of rotatable bonds is 2. The quantitative estimate of drug-likeness (QED) is 0.353. The minimum atomic E-state index is -0.177. The molecule has 0 amide bonds. The number of fused-ring (bicyclic) bond motifs is 2. The Kier molecular flexibility index (Phi) is 4.88. The molecule has 0 aliphatic rings. The van der Waals surface area contributed by atoms with Crippen molar-refractivity contribution in [3.8, 4) is 11.4 Å². The second-order valence-corrected chi connectivity index (χ2v) is 8.11. The van der Waals surface area contributed by atoms with Crippen LogP contribution in [0.25, 0.3) is 27.2 Å². The summed E-state index contributed by atoms with van der Waals surface area (Å²) in [4.78, 5) is 18.3. The van der Waals surface area contributed by atoms with E-state index in [1.165, 1.54) is 0 Å².